The van der Waals surface area contributed by atoms with Gasteiger partial charge in [0.15, 0.2) is 0 Å². The van der Waals surface area contributed by atoms with E-state index in [1.165, 1.54) is 12.8 Å². The summed E-state index contributed by atoms with van der Waals surface area (Å²) < 4.78 is 0. The first-order valence-corrected chi connectivity index (χ1v) is 7.49. The van der Waals surface area contributed by atoms with E-state index in [9.17, 15) is 4.79 Å². The molecule has 0 bridgehead atoms. The summed E-state index contributed by atoms with van der Waals surface area (Å²) in [6.45, 7) is 8.68. The number of hydrogen-bond acceptors (Lipinski definition) is 1. The molecule has 2 nitrogen and oxygen atoms in total. The summed E-state index contributed by atoms with van der Waals surface area (Å²) >= 11 is 0. The number of carbonyl (C=O) groups is 1. The summed E-state index contributed by atoms with van der Waals surface area (Å²) in [6.07, 6.45) is 8.87. The smallest absolute Gasteiger partial charge is 0.223 e. The number of carbonyl (C=O) groups excluding carboxylic acids is 1. The minimum atomic E-state index is 0.237. The summed E-state index contributed by atoms with van der Waals surface area (Å²) in [7, 11) is 0. The Morgan fingerprint density at radius 1 is 0.941 bits per heavy atom. The minimum absolute atomic E-state index is 0.237. The van der Waals surface area contributed by atoms with Gasteiger partial charge in [-0.1, -0.05) is 53.4 Å². The van der Waals surface area contributed by atoms with E-state index in [1.807, 2.05) is 0 Å². The van der Waals surface area contributed by atoms with Gasteiger partial charge in [-0.2, -0.15) is 0 Å². The van der Waals surface area contributed by atoms with Gasteiger partial charge in [-0.05, 0) is 25.7 Å². The number of amides is 1. The van der Waals surface area contributed by atoms with Crippen LogP contribution in [0.4, 0.5) is 0 Å². The molecule has 0 aliphatic rings. The molecule has 0 aliphatic heterocycles. The van der Waals surface area contributed by atoms with Crippen molar-refractivity contribution in [3.63, 3.8) is 0 Å². The van der Waals surface area contributed by atoms with Crippen molar-refractivity contribution in [3.05, 3.63) is 0 Å². The van der Waals surface area contributed by atoms with E-state index in [0.717, 1.165) is 38.5 Å². The van der Waals surface area contributed by atoms with Gasteiger partial charge in [0, 0.05) is 12.0 Å². The maximum absolute atomic E-state index is 12.1. The van der Waals surface area contributed by atoms with Gasteiger partial charge in [0.05, 0.1) is 0 Å². The van der Waals surface area contributed by atoms with Gasteiger partial charge < -0.3 is 5.32 Å². The van der Waals surface area contributed by atoms with Crippen LogP contribution in [-0.4, -0.2) is 11.9 Å². The van der Waals surface area contributed by atoms with E-state index < -0.39 is 0 Å². The molecule has 17 heavy (non-hydrogen) atoms. The molecule has 0 saturated heterocycles. The van der Waals surface area contributed by atoms with Crippen molar-refractivity contribution in [2.75, 3.05) is 0 Å². The van der Waals surface area contributed by atoms with Crippen molar-refractivity contribution in [2.45, 2.75) is 85.1 Å². The average Bonchev–Trinajstić information content (AvgIpc) is 2.33. The quantitative estimate of drug-likeness (QED) is 0.607. The summed E-state index contributed by atoms with van der Waals surface area (Å²) in [5, 5.41) is 3.23. The molecule has 1 amide bonds. The highest BCUT2D eigenvalue weighted by Crippen LogP contribution is 2.15. The predicted octanol–water partition coefficient (Wildman–Crippen LogP) is 4.29. The van der Waals surface area contributed by atoms with Crippen LogP contribution in [0.3, 0.4) is 0 Å². The lowest BCUT2D eigenvalue weighted by Gasteiger charge is -2.21. The van der Waals surface area contributed by atoms with Crippen molar-refractivity contribution in [1.82, 2.24) is 5.32 Å². The van der Waals surface area contributed by atoms with E-state index in [-0.39, 0.29) is 11.8 Å². The van der Waals surface area contributed by atoms with Crippen LogP contribution in [-0.2, 0) is 4.79 Å². The van der Waals surface area contributed by atoms with Crippen LogP contribution in [0.5, 0.6) is 0 Å². The molecule has 0 aromatic carbocycles. The Hall–Kier alpha value is -0.530. The Bertz CT molecular complexity index is 185. The Labute approximate surface area is 108 Å². The normalized spacial score (nSPS) is 12.8. The van der Waals surface area contributed by atoms with E-state index in [2.05, 4.69) is 33.0 Å². The largest absolute Gasteiger partial charge is 0.353 e. The third-order valence-corrected chi connectivity index (χ3v) is 3.39. The molecule has 0 radical (unpaired) electrons. The minimum Gasteiger partial charge on any atom is -0.353 e. The number of rotatable bonds is 10. The van der Waals surface area contributed by atoms with E-state index >= 15 is 0 Å². The van der Waals surface area contributed by atoms with Crippen LogP contribution in [0.2, 0.25) is 0 Å². The third kappa shape index (κ3) is 7.40. The van der Waals surface area contributed by atoms with Gasteiger partial charge in [-0.3, -0.25) is 4.79 Å². The molecule has 0 aliphatic carbocycles. The van der Waals surface area contributed by atoms with Crippen LogP contribution >= 0.6 is 0 Å². The Morgan fingerprint density at radius 2 is 1.53 bits per heavy atom. The summed E-state index contributed by atoms with van der Waals surface area (Å²) in [4.78, 5) is 12.1. The molecule has 0 spiro atoms. The van der Waals surface area contributed by atoms with Gasteiger partial charge in [0.25, 0.3) is 0 Å². The zero-order valence-electron chi connectivity index (χ0n) is 12.2. The van der Waals surface area contributed by atoms with Crippen LogP contribution in [0, 0.1) is 5.92 Å². The first-order valence-electron chi connectivity index (χ1n) is 7.49. The molecule has 0 saturated carbocycles. The average molecular weight is 241 g/mol. The topological polar surface area (TPSA) is 29.1 Å². The highest BCUT2D eigenvalue weighted by atomic mass is 16.1. The highest BCUT2D eigenvalue weighted by molar-refractivity contribution is 5.78. The number of unbranched alkanes of at least 4 members (excludes halogenated alkanes) is 1. The van der Waals surface area contributed by atoms with Crippen LogP contribution in [0.25, 0.3) is 0 Å². The molecular weight excluding hydrogens is 210 g/mol. The Morgan fingerprint density at radius 3 is 1.94 bits per heavy atom. The van der Waals surface area contributed by atoms with E-state index in [4.69, 9.17) is 0 Å². The number of nitrogens with one attached hydrogen (secondary N) is 1. The van der Waals surface area contributed by atoms with Gasteiger partial charge >= 0.3 is 0 Å². The van der Waals surface area contributed by atoms with Crippen molar-refractivity contribution < 1.29 is 4.79 Å². The van der Waals surface area contributed by atoms with Crippen LogP contribution in [0.15, 0.2) is 0 Å². The fraction of sp³-hybridized carbons (Fsp3) is 0.933. The summed E-state index contributed by atoms with van der Waals surface area (Å²) in [5.41, 5.74) is 0. The molecule has 0 aromatic rings. The van der Waals surface area contributed by atoms with Gasteiger partial charge in [0.2, 0.25) is 5.91 Å². The Kier molecular flexibility index (Phi) is 10.3. The van der Waals surface area contributed by atoms with Gasteiger partial charge in [-0.15, -0.1) is 0 Å². The molecule has 0 heterocycles. The second kappa shape index (κ2) is 10.6. The van der Waals surface area contributed by atoms with Gasteiger partial charge in [-0.25, -0.2) is 0 Å². The summed E-state index contributed by atoms with van der Waals surface area (Å²) in [5.74, 6) is 0.525. The van der Waals surface area contributed by atoms with Gasteiger partial charge in [0.1, 0.15) is 0 Å². The zero-order valence-corrected chi connectivity index (χ0v) is 12.2. The molecular formula is C15H31NO. The lowest BCUT2D eigenvalue weighted by Crippen LogP contribution is -2.38. The maximum atomic E-state index is 12.1. The fourth-order valence-electron chi connectivity index (χ4n) is 2.25. The predicted molar refractivity (Wildman–Crippen MR) is 75.1 cm³/mol. The first-order chi connectivity index (χ1) is 8.19. The third-order valence-electron chi connectivity index (χ3n) is 3.39. The first kappa shape index (κ1) is 16.5. The SMILES string of the molecule is CCCCC(CC)NC(=O)C(CCC)CCC. The molecule has 1 unspecified atom stereocenters. The second-order valence-corrected chi connectivity index (χ2v) is 5.03. The molecule has 2 heteroatoms. The molecule has 0 rings (SSSR count). The van der Waals surface area contributed by atoms with Crippen molar-refractivity contribution in [3.8, 4) is 0 Å². The zero-order chi connectivity index (χ0) is 13.1. The standard InChI is InChI=1S/C15H31NO/c1-5-9-12-14(8-4)16-15(17)13(10-6-2)11-7-3/h13-14H,5-12H2,1-4H3,(H,16,17). The van der Waals surface area contributed by atoms with E-state index in [0.29, 0.717) is 6.04 Å². The number of hydrogen-bond donors (Lipinski definition) is 1. The summed E-state index contributed by atoms with van der Waals surface area (Å²) in [6, 6.07) is 0.388. The molecule has 1 atom stereocenters. The van der Waals surface area contributed by atoms with Crippen molar-refractivity contribution >= 4 is 5.91 Å². The van der Waals surface area contributed by atoms with E-state index in [1.54, 1.807) is 0 Å². The molecule has 102 valence electrons. The molecule has 0 aromatic heterocycles. The van der Waals surface area contributed by atoms with Crippen molar-refractivity contribution in [2.24, 2.45) is 5.92 Å². The lowest BCUT2D eigenvalue weighted by molar-refractivity contribution is -0.126. The lowest BCUT2D eigenvalue weighted by atomic mass is 9.96. The van der Waals surface area contributed by atoms with Crippen molar-refractivity contribution in [1.29, 1.82) is 0 Å². The maximum Gasteiger partial charge on any atom is 0.223 e. The molecule has 0 fully saturated rings. The molecule has 1 N–H and O–H groups in total. The second-order valence-electron chi connectivity index (χ2n) is 5.03. The Balaban J connectivity index is 4.14. The van der Waals surface area contributed by atoms with Crippen LogP contribution in [0.1, 0.15) is 79.1 Å². The fourth-order valence-corrected chi connectivity index (χ4v) is 2.25. The monoisotopic (exact) mass is 241 g/mol. The van der Waals surface area contributed by atoms with Crippen LogP contribution < -0.4 is 5.32 Å². The highest BCUT2D eigenvalue weighted by Gasteiger charge is 2.18.